The third-order valence-electron chi connectivity index (χ3n) is 2.34. The number of carbonyl (C=O) groups excluding carboxylic acids is 2. The van der Waals surface area contributed by atoms with Crippen LogP contribution in [-0.4, -0.2) is 25.2 Å². The van der Waals surface area contributed by atoms with E-state index in [1.807, 2.05) is 0 Å². The van der Waals surface area contributed by atoms with Gasteiger partial charge in [-0.3, -0.25) is 4.79 Å². The lowest BCUT2D eigenvalue weighted by Gasteiger charge is -2.14. The SMILES string of the molecule is COC(=O)CC(C)NC(=O)Nc1cc(F)c(F)cc1Cl. The largest absolute Gasteiger partial charge is 0.469 e. The van der Waals surface area contributed by atoms with Crippen LogP contribution in [0.3, 0.4) is 0 Å². The number of esters is 1. The Morgan fingerprint density at radius 1 is 1.35 bits per heavy atom. The van der Waals surface area contributed by atoms with Gasteiger partial charge in [0, 0.05) is 12.1 Å². The smallest absolute Gasteiger partial charge is 0.319 e. The number of benzene rings is 1. The highest BCUT2D eigenvalue weighted by molar-refractivity contribution is 6.33. The summed E-state index contributed by atoms with van der Waals surface area (Å²) in [5.41, 5.74) is -0.0756. The van der Waals surface area contributed by atoms with Crippen LogP contribution in [0.1, 0.15) is 13.3 Å². The topological polar surface area (TPSA) is 67.4 Å². The second-order valence-corrected chi connectivity index (χ2v) is 4.43. The van der Waals surface area contributed by atoms with Gasteiger partial charge in [-0.2, -0.15) is 0 Å². The van der Waals surface area contributed by atoms with Gasteiger partial charge in [-0.1, -0.05) is 11.6 Å². The number of halogens is 3. The molecule has 110 valence electrons. The summed E-state index contributed by atoms with van der Waals surface area (Å²) >= 11 is 5.67. The first-order chi connectivity index (χ1) is 9.33. The Morgan fingerprint density at radius 2 is 1.95 bits per heavy atom. The highest BCUT2D eigenvalue weighted by Crippen LogP contribution is 2.24. The molecule has 1 unspecified atom stereocenters. The Morgan fingerprint density at radius 3 is 2.55 bits per heavy atom. The van der Waals surface area contributed by atoms with Crippen LogP contribution in [0.4, 0.5) is 19.3 Å². The highest BCUT2D eigenvalue weighted by Gasteiger charge is 2.14. The fraction of sp³-hybridized carbons (Fsp3) is 0.333. The third kappa shape index (κ3) is 4.65. The van der Waals surface area contributed by atoms with Crippen molar-refractivity contribution >= 4 is 29.3 Å². The first kappa shape index (κ1) is 16.2. The summed E-state index contributed by atoms with van der Waals surface area (Å²) in [5.74, 6) is -2.73. The maximum absolute atomic E-state index is 13.0. The van der Waals surface area contributed by atoms with E-state index in [2.05, 4.69) is 15.4 Å². The Kier molecular flexibility index (Phi) is 5.69. The molecule has 1 aromatic carbocycles. The highest BCUT2D eigenvalue weighted by atomic mass is 35.5. The fourth-order valence-electron chi connectivity index (χ4n) is 1.38. The normalized spacial score (nSPS) is 11.7. The number of nitrogens with one attached hydrogen (secondary N) is 2. The first-order valence-corrected chi connectivity index (χ1v) is 6.00. The first-order valence-electron chi connectivity index (χ1n) is 5.62. The van der Waals surface area contributed by atoms with Crippen molar-refractivity contribution in [2.24, 2.45) is 0 Å². The van der Waals surface area contributed by atoms with Crippen LogP contribution in [0, 0.1) is 11.6 Å². The van der Waals surface area contributed by atoms with Gasteiger partial charge in [0.05, 0.1) is 24.2 Å². The van der Waals surface area contributed by atoms with Crippen LogP contribution in [0.2, 0.25) is 5.02 Å². The van der Waals surface area contributed by atoms with Gasteiger partial charge in [0.2, 0.25) is 0 Å². The van der Waals surface area contributed by atoms with Crippen LogP contribution >= 0.6 is 11.6 Å². The molecule has 0 aliphatic carbocycles. The molecule has 2 amide bonds. The molecule has 1 aromatic rings. The standard InChI is InChI=1S/C12H13ClF2N2O3/c1-6(3-11(18)20-2)16-12(19)17-10-5-9(15)8(14)4-7(10)13/h4-6H,3H2,1-2H3,(H2,16,17,19). The van der Waals surface area contributed by atoms with Crippen molar-refractivity contribution in [2.45, 2.75) is 19.4 Å². The monoisotopic (exact) mass is 306 g/mol. The van der Waals surface area contributed by atoms with Gasteiger partial charge in [-0.25, -0.2) is 13.6 Å². The molecule has 0 heterocycles. The van der Waals surface area contributed by atoms with Crippen LogP contribution < -0.4 is 10.6 Å². The number of urea groups is 1. The van der Waals surface area contributed by atoms with Crippen LogP contribution in [0.15, 0.2) is 12.1 Å². The lowest BCUT2D eigenvalue weighted by atomic mass is 10.2. The Hall–Kier alpha value is -1.89. The van der Waals surface area contributed by atoms with Crippen molar-refractivity contribution in [3.05, 3.63) is 28.8 Å². The zero-order valence-electron chi connectivity index (χ0n) is 10.8. The van der Waals surface area contributed by atoms with Crippen molar-refractivity contribution in [3.63, 3.8) is 0 Å². The Bertz CT molecular complexity index is 526. The lowest BCUT2D eigenvalue weighted by molar-refractivity contribution is -0.141. The maximum Gasteiger partial charge on any atom is 0.319 e. The van der Waals surface area contributed by atoms with E-state index in [1.54, 1.807) is 6.92 Å². The number of hydrogen-bond acceptors (Lipinski definition) is 3. The number of ether oxygens (including phenoxy) is 1. The third-order valence-corrected chi connectivity index (χ3v) is 2.65. The molecule has 0 aliphatic rings. The second kappa shape index (κ2) is 7.04. The minimum absolute atomic E-state index is 0.0184. The quantitative estimate of drug-likeness (QED) is 0.664. The molecule has 0 aromatic heterocycles. The maximum atomic E-state index is 13.0. The summed E-state index contributed by atoms with van der Waals surface area (Å²) in [6, 6.07) is 0.327. The zero-order valence-corrected chi connectivity index (χ0v) is 11.6. The molecule has 0 saturated heterocycles. The van der Waals surface area contributed by atoms with Gasteiger partial charge in [-0.05, 0) is 13.0 Å². The van der Waals surface area contributed by atoms with E-state index in [1.165, 1.54) is 7.11 Å². The van der Waals surface area contributed by atoms with Crippen molar-refractivity contribution in [1.82, 2.24) is 5.32 Å². The predicted molar refractivity (Wildman–Crippen MR) is 69.6 cm³/mol. The Balaban J connectivity index is 2.63. The molecular weight excluding hydrogens is 294 g/mol. The molecule has 1 atom stereocenters. The van der Waals surface area contributed by atoms with E-state index in [4.69, 9.17) is 11.6 Å². The number of rotatable bonds is 4. The summed E-state index contributed by atoms with van der Waals surface area (Å²) in [6.07, 6.45) is -0.0184. The van der Waals surface area contributed by atoms with E-state index in [9.17, 15) is 18.4 Å². The van der Waals surface area contributed by atoms with Crippen molar-refractivity contribution in [3.8, 4) is 0 Å². The van der Waals surface area contributed by atoms with E-state index in [0.717, 1.165) is 12.1 Å². The molecule has 0 radical (unpaired) electrons. The van der Waals surface area contributed by atoms with Crippen molar-refractivity contribution in [1.29, 1.82) is 0 Å². The molecule has 1 rings (SSSR count). The average Bonchev–Trinajstić information content (AvgIpc) is 2.35. The van der Waals surface area contributed by atoms with E-state index < -0.39 is 29.7 Å². The average molecular weight is 307 g/mol. The summed E-state index contributed by atoms with van der Waals surface area (Å²) in [6.45, 7) is 1.59. The number of hydrogen-bond donors (Lipinski definition) is 2. The molecule has 8 heteroatoms. The predicted octanol–water partition coefficient (Wildman–Crippen LogP) is 2.69. The van der Waals surface area contributed by atoms with Crippen LogP contribution in [-0.2, 0) is 9.53 Å². The minimum atomic E-state index is -1.13. The molecule has 2 N–H and O–H groups in total. The van der Waals surface area contributed by atoms with E-state index >= 15 is 0 Å². The zero-order chi connectivity index (χ0) is 15.3. The van der Waals surface area contributed by atoms with Gasteiger partial charge in [0.1, 0.15) is 0 Å². The number of carbonyl (C=O) groups is 2. The summed E-state index contributed by atoms with van der Waals surface area (Å²) in [7, 11) is 1.23. The molecule has 5 nitrogen and oxygen atoms in total. The van der Waals surface area contributed by atoms with E-state index in [-0.39, 0.29) is 17.1 Å². The van der Waals surface area contributed by atoms with Gasteiger partial charge in [0.25, 0.3) is 0 Å². The summed E-state index contributed by atoms with van der Waals surface area (Å²) in [5, 5.41) is 4.55. The molecule has 0 bridgehead atoms. The van der Waals surface area contributed by atoms with Crippen LogP contribution in [0.5, 0.6) is 0 Å². The molecule has 0 saturated carbocycles. The van der Waals surface area contributed by atoms with E-state index in [0.29, 0.717) is 0 Å². The molecule has 0 aliphatic heterocycles. The fourth-order valence-corrected chi connectivity index (χ4v) is 1.58. The van der Waals surface area contributed by atoms with Gasteiger partial charge in [-0.15, -0.1) is 0 Å². The van der Waals surface area contributed by atoms with Crippen molar-refractivity contribution < 1.29 is 23.1 Å². The number of methoxy groups -OCH3 is 1. The number of amides is 2. The molecule has 0 spiro atoms. The molecule has 0 fully saturated rings. The number of anilines is 1. The molecular formula is C12H13ClF2N2O3. The van der Waals surface area contributed by atoms with Gasteiger partial charge in [0.15, 0.2) is 11.6 Å². The Labute approximate surface area is 119 Å². The minimum Gasteiger partial charge on any atom is -0.469 e. The van der Waals surface area contributed by atoms with Gasteiger partial charge < -0.3 is 15.4 Å². The van der Waals surface area contributed by atoms with Gasteiger partial charge >= 0.3 is 12.0 Å². The summed E-state index contributed by atoms with van der Waals surface area (Å²) < 4.78 is 30.3. The summed E-state index contributed by atoms with van der Waals surface area (Å²) in [4.78, 5) is 22.6. The lowest BCUT2D eigenvalue weighted by Crippen LogP contribution is -2.37. The molecule has 20 heavy (non-hydrogen) atoms. The van der Waals surface area contributed by atoms with Crippen LogP contribution in [0.25, 0.3) is 0 Å². The second-order valence-electron chi connectivity index (χ2n) is 4.03. The van der Waals surface area contributed by atoms with Crippen molar-refractivity contribution in [2.75, 3.05) is 12.4 Å².